The molecule has 1 amide bonds. The summed E-state index contributed by atoms with van der Waals surface area (Å²) in [7, 11) is 0. The van der Waals surface area contributed by atoms with Crippen molar-refractivity contribution in [2.45, 2.75) is 53.9 Å². The molecule has 0 radical (unpaired) electrons. The van der Waals surface area contributed by atoms with Gasteiger partial charge in [0.2, 0.25) is 5.91 Å². The number of carboxylic acid groups (broad SMARTS) is 1. The van der Waals surface area contributed by atoms with E-state index in [4.69, 9.17) is 5.11 Å². The monoisotopic (exact) mass is 435 g/mol. The van der Waals surface area contributed by atoms with Crippen molar-refractivity contribution in [3.63, 3.8) is 0 Å². The third kappa shape index (κ3) is 6.84. The molecule has 2 rings (SSSR count). The minimum Gasteiger partial charge on any atom is -0.505 e. The summed E-state index contributed by atoms with van der Waals surface area (Å²) in [6.07, 6.45) is 15.0. The average Bonchev–Trinajstić information content (AvgIpc) is 2.68. The molecule has 170 valence electrons. The number of carboxylic acids is 1. The number of hydrogen-bond donors (Lipinski definition) is 3. The maximum Gasteiger partial charge on any atom is 0.339 e. The van der Waals surface area contributed by atoms with Gasteiger partial charge in [0.1, 0.15) is 5.56 Å². The first-order valence-electron chi connectivity index (χ1n) is 10.8. The lowest BCUT2D eigenvalue weighted by atomic mass is 9.72. The molecule has 1 aromatic rings. The minimum atomic E-state index is -1.26. The topological polar surface area (TPSA) is 86.6 Å². The van der Waals surface area contributed by atoms with E-state index in [2.05, 4.69) is 38.2 Å². The number of carbonyl (C=O) groups excluding carboxylic acids is 1. The Bertz CT molecular complexity index is 1040. The van der Waals surface area contributed by atoms with Gasteiger partial charge in [-0.2, -0.15) is 0 Å². The summed E-state index contributed by atoms with van der Waals surface area (Å²) < 4.78 is 0. The third-order valence-corrected chi connectivity index (χ3v) is 5.66. The molecule has 32 heavy (non-hydrogen) atoms. The second kappa shape index (κ2) is 10.8. The third-order valence-electron chi connectivity index (χ3n) is 5.66. The summed E-state index contributed by atoms with van der Waals surface area (Å²) in [5.74, 6) is -2.18. The lowest BCUT2D eigenvalue weighted by Crippen LogP contribution is -2.19. The van der Waals surface area contributed by atoms with Crippen LogP contribution in [0.5, 0.6) is 5.75 Å². The van der Waals surface area contributed by atoms with E-state index >= 15 is 0 Å². The zero-order valence-corrected chi connectivity index (χ0v) is 19.5. The number of rotatable bonds is 7. The first-order valence-corrected chi connectivity index (χ1v) is 10.8. The lowest BCUT2D eigenvalue weighted by Gasteiger charge is -2.32. The summed E-state index contributed by atoms with van der Waals surface area (Å²) in [4.78, 5) is 23.3. The highest BCUT2D eigenvalue weighted by molar-refractivity contribution is 6.02. The Morgan fingerprint density at radius 2 is 1.84 bits per heavy atom. The van der Waals surface area contributed by atoms with Crippen LogP contribution in [0.2, 0.25) is 0 Å². The van der Waals surface area contributed by atoms with Crippen LogP contribution in [0.3, 0.4) is 0 Å². The number of aromatic carboxylic acids is 1. The van der Waals surface area contributed by atoms with Gasteiger partial charge in [-0.05, 0) is 68.7 Å². The smallest absolute Gasteiger partial charge is 0.339 e. The fourth-order valence-electron chi connectivity index (χ4n) is 3.87. The maximum atomic E-state index is 12.2. The molecule has 0 unspecified atom stereocenters. The van der Waals surface area contributed by atoms with Gasteiger partial charge in [-0.1, -0.05) is 61.4 Å². The van der Waals surface area contributed by atoms with Crippen molar-refractivity contribution in [1.82, 2.24) is 0 Å². The van der Waals surface area contributed by atoms with Crippen LogP contribution in [0.1, 0.15) is 64.2 Å². The molecule has 1 aromatic carbocycles. The molecule has 0 heterocycles. The van der Waals surface area contributed by atoms with E-state index in [0.717, 1.165) is 17.6 Å². The number of allylic oxidation sites excluding steroid dienone is 9. The Kier molecular flexibility index (Phi) is 8.41. The number of anilines is 1. The number of aromatic hydroxyl groups is 1. The van der Waals surface area contributed by atoms with Crippen LogP contribution in [0.4, 0.5) is 5.69 Å². The molecule has 5 nitrogen and oxygen atoms in total. The van der Waals surface area contributed by atoms with E-state index in [0.29, 0.717) is 0 Å². The highest BCUT2D eigenvalue weighted by Crippen LogP contribution is 2.40. The number of hydrogen-bond acceptors (Lipinski definition) is 3. The van der Waals surface area contributed by atoms with Crippen LogP contribution in [-0.2, 0) is 4.79 Å². The summed E-state index contributed by atoms with van der Waals surface area (Å²) >= 11 is 0. The Hall–Kier alpha value is -3.34. The second-order valence-electron chi connectivity index (χ2n) is 8.92. The Morgan fingerprint density at radius 3 is 2.50 bits per heavy atom. The highest BCUT2D eigenvalue weighted by Gasteiger charge is 2.26. The Labute approximate surface area is 190 Å². The van der Waals surface area contributed by atoms with Gasteiger partial charge in [0, 0.05) is 6.08 Å². The SMILES string of the molecule is CC(C=CC1=C(C)CCCC1(C)C)=CC=CC(C)=CC(=O)Nc1cccc(C(=O)O)c1O. The Balaban J connectivity index is 2.02. The fraction of sp³-hybridized carbons (Fsp3) is 0.333. The maximum absolute atomic E-state index is 12.2. The van der Waals surface area contributed by atoms with Crippen molar-refractivity contribution in [3.8, 4) is 5.75 Å². The number of amides is 1. The average molecular weight is 436 g/mol. The van der Waals surface area contributed by atoms with Crippen LogP contribution in [-0.4, -0.2) is 22.1 Å². The molecule has 0 saturated carbocycles. The zero-order chi connectivity index (χ0) is 23.9. The van der Waals surface area contributed by atoms with Gasteiger partial charge in [-0.15, -0.1) is 0 Å². The predicted octanol–water partition coefficient (Wildman–Crippen LogP) is 6.56. The van der Waals surface area contributed by atoms with Crippen LogP contribution in [0, 0.1) is 5.41 Å². The van der Waals surface area contributed by atoms with Gasteiger partial charge >= 0.3 is 5.97 Å². The second-order valence-corrected chi connectivity index (χ2v) is 8.92. The van der Waals surface area contributed by atoms with Gasteiger partial charge in [-0.25, -0.2) is 4.79 Å². The quantitative estimate of drug-likeness (QED) is 0.257. The standard InChI is InChI=1S/C27H33NO4/c1-18(14-15-22-20(3)11-8-16-27(22,4)5)9-6-10-19(2)17-24(29)28-23-13-7-12-21(25(23)30)26(31)32/h6-7,9-10,12-15,17,30H,8,11,16H2,1-5H3,(H,28,29)(H,31,32). The lowest BCUT2D eigenvalue weighted by molar-refractivity contribution is -0.112. The van der Waals surface area contributed by atoms with Crippen molar-refractivity contribution in [2.75, 3.05) is 5.32 Å². The van der Waals surface area contributed by atoms with Crippen LogP contribution in [0.15, 0.2) is 76.9 Å². The molecule has 3 N–H and O–H groups in total. The van der Waals surface area contributed by atoms with E-state index in [1.807, 2.05) is 25.2 Å². The molecular formula is C27H33NO4. The summed E-state index contributed by atoms with van der Waals surface area (Å²) in [6.45, 7) is 10.6. The number of nitrogens with one attached hydrogen (secondary N) is 1. The molecule has 1 aliphatic rings. The van der Waals surface area contributed by atoms with Crippen LogP contribution < -0.4 is 5.32 Å². The van der Waals surface area contributed by atoms with Gasteiger partial charge in [0.15, 0.2) is 5.75 Å². The van der Waals surface area contributed by atoms with E-state index in [1.54, 1.807) is 6.92 Å². The molecule has 0 aliphatic heterocycles. The molecule has 0 aromatic heterocycles. The van der Waals surface area contributed by atoms with Gasteiger partial charge < -0.3 is 15.5 Å². The molecule has 0 fully saturated rings. The van der Waals surface area contributed by atoms with Crippen LogP contribution in [0.25, 0.3) is 0 Å². The molecular weight excluding hydrogens is 402 g/mol. The van der Waals surface area contributed by atoms with E-state index < -0.39 is 17.6 Å². The van der Waals surface area contributed by atoms with Crippen LogP contribution >= 0.6 is 0 Å². The van der Waals surface area contributed by atoms with Gasteiger partial charge in [0.05, 0.1) is 5.69 Å². The number of carbonyl (C=O) groups is 2. The normalized spacial score (nSPS) is 17.3. The molecule has 5 heteroatoms. The molecule has 0 spiro atoms. The fourth-order valence-corrected chi connectivity index (χ4v) is 3.87. The summed E-state index contributed by atoms with van der Waals surface area (Å²) in [5, 5.41) is 21.6. The van der Waals surface area contributed by atoms with Crippen molar-refractivity contribution < 1.29 is 19.8 Å². The summed E-state index contributed by atoms with van der Waals surface area (Å²) in [5.41, 5.74) is 4.71. The number of phenols is 1. The Morgan fingerprint density at radius 1 is 1.12 bits per heavy atom. The highest BCUT2D eigenvalue weighted by atomic mass is 16.4. The van der Waals surface area contributed by atoms with E-state index in [1.165, 1.54) is 48.3 Å². The van der Waals surface area contributed by atoms with Gasteiger partial charge in [-0.3, -0.25) is 4.79 Å². The molecule has 0 saturated heterocycles. The van der Waals surface area contributed by atoms with Crippen molar-refractivity contribution in [3.05, 3.63) is 82.5 Å². The van der Waals surface area contributed by atoms with E-state index in [9.17, 15) is 14.7 Å². The largest absolute Gasteiger partial charge is 0.505 e. The number of benzene rings is 1. The predicted molar refractivity (Wildman–Crippen MR) is 130 cm³/mol. The van der Waals surface area contributed by atoms with Gasteiger partial charge in [0.25, 0.3) is 0 Å². The molecule has 0 bridgehead atoms. The van der Waals surface area contributed by atoms with Crippen molar-refractivity contribution in [2.24, 2.45) is 5.41 Å². The molecule has 1 aliphatic carbocycles. The molecule has 0 atom stereocenters. The summed E-state index contributed by atoms with van der Waals surface area (Å²) in [6, 6.07) is 4.18. The first-order chi connectivity index (χ1) is 15.0. The first kappa shape index (κ1) is 24.9. The zero-order valence-electron chi connectivity index (χ0n) is 19.5. The van der Waals surface area contributed by atoms with Crippen molar-refractivity contribution in [1.29, 1.82) is 0 Å². The number of para-hydroxylation sites is 1. The van der Waals surface area contributed by atoms with E-state index in [-0.39, 0.29) is 16.7 Å². The van der Waals surface area contributed by atoms with Crippen molar-refractivity contribution >= 4 is 17.6 Å². The minimum absolute atomic E-state index is 0.0547.